The average molecular weight is 347 g/mol. The van der Waals surface area contributed by atoms with Crippen LogP contribution in [0.15, 0.2) is 18.2 Å². The molecule has 0 saturated carbocycles. The summed E-state index contributed by atoms with van der Waals surface area (Å²) < 4.78 is 11.0. The molecule has 0 bridgehead atoms. The second-order valence-corrected chi connectivity index (χ2v) is 6.07. The van der Waals surface area contributed by atoms with Crippen molar-refractivity contribution in [2.75, 3.05) is 47.4 Å². The Bertz CT molecular complexity index is 582. The van der Waals surface area contributed by atoms with Gasteiger partial charge >= 0.3 is 0 Å². The molecular weight excluding hydrogens is 318 g/mol. The molecule has 6 nitrogen and oxygen atoms in total. The molecule has 6 heteroatoms. The van der Waals surface area contributed by atoms with E-state index < -0.39 is 0 Å². The Morgan fingerprint density at radius 3 is 2.56 bits per heavy atom. The minimum Gasteiger partial charge on any atom is -0.493 e. The van der Waals surface area contributed by atoms with Crippen molar-refractivity contribution >= 4 is 5.91 Å². The maximum atomic E-state index is 12.8. The Hall–Kier alpha value is -2.26. The fourth-order valence-corrected chi connectivity index (χ4v) is 2.39. The number of benzene rings is 1. The number of carbonyl (C=O) groups excluding carboxylic acids is 1. The maximum absolute atomic E-state index is 12.8. The van der Waals surface area contributed by atoms with Gasteiger partial charge in [-0.15, -0.1) is 0 Å². The SMILES string of the molecule is CCCOc1ccc(C(=O)N(CCC#N)CCCN(C)C)cc1OC. The summed E-state index contributed by atoms with van der Waals surface area (Å²) in [7, 11) is 5.57. The van der Waals surface area contributed by atoms with Crippen LogP contribution in [0.1, 0.15) is 36.5 Å². The van der Waals surface area contributed by atoms with Crippen LogP contribution in [0.5, 0.6) is 11.5 Å². The molecule has 0 aliphatic carbocycles. The van der Waals surface area contributed by atoms with Gasteiger partial charge in [0.2, 0.25) is 0 Å². The number of rotatable bonds is 11. The van der Waals surface area contributed by atoms with Crippen LogP contribution >= 0.6 is 0 Å². The molecule has 25 heavy (non-hydrogen) atoms. The van der Waals surface area contributed by atoms with E-state index in [4.69, 9.17) is 14.7 Å². The number of hydrogen-bond acceptors (Lipinski definition) is 5. The van der Waals surface area contributed by atoms with Crippen molar-refractivity contribution in [1.29, 1.82) is 5.26 Å². The van der Waals surface area contributed by atoms with Crippen LogP contribution in [0.4, 0.5) is 0 Å². The summed E-state index contributed by atoms with van der Waals surface area (Å²) in [5, 5.41) is 8.85. The fourth-order valence-electron chi connectivity index (χ4n) is 2.39. The predicted octanol–water partition coefficient (Wildman–Crippen LogP) is 2.79. The Morgan fingerprint density at radius 1 is 1.20 bits per heavy atom. The Balaban J connectivity index is 2.88. The van der Waals surface area contributed by atoms with Crippen LogP contribution in [0.2, 0.25) is 0 Å². The summed E-state index contributed by atoms with van der Waals surface area (Å²) in [5.41, 5.74) is 0.545. The first kappa shape index (κ1) is 20.8. The van der Waals surface area contributed by atoms with Crippen molar-refractivity contribution in [3.63, 3.8) is 0 Å². The molecule has 1 aromatic carbocycles. The van der Waals surface area contributed by atoms with Crippen LogP contribution in [0.25, 0.3) is 0 Å². The number of amides is 1. The highest BCUT2D eigenvalue weighted by Gasteiger charge is 2.17. The van der Waals surface area contributed by atoms with E-state index in [0.717, 1.165) is 19.4 Å². The quantitative estimate of drug-likeness (QED) is 0.616. The molecule has 0 spiro atoms. The summed E-state index contributed by atoms with van der Waals surface area (Å²) in [6.07, 6.45) is 2.08. The zero-order valence-electron chi connectivity index (χ0n) is 15.7. The zero-order chi connectivity index (χ0) is 18.7. The number of carbonyl (C=O) groups is 1. The van der Waals surface area contributed by atoms with Gasteiger partial charge in [0, 0.05) is 18.7 Å². The molecule has 0 heterocycles. The molecule has 1 amide bonds. The summed E-state index contributed by atoms with van der Waals surface area (Å²) in [6.45, 7) is 4.57. The molecule has 0 aromatic heterocycles. The van der Waals surface area contributed by atoms with Gasteiger partial charge in [-0.2, -0.15) is 5.26 Å². The molecule has 0 fully saturated rings. The van der Waals surface area contributed by atoms with Crippen molar-refractivity contribution in [3.05, 3.63) is 23.8 Å². The van der Waals surface area contributed by atoms with Crippen LogP contribution in [-0.4, -0.2) is 63.2 Å². The number of nitriles is 1. The van der Waals surface area contributed by atoms with E-state index in [9.17, 15) is 4.79 Å². The van der Waals surface area contributed by atoms with Crippen molar-refractivity contribution in [3.8, 4) is 17.6 Å². The van der Waals surface area contributed by atoms with E-state index in [1.165, 1.54) is 0 Å². The Labute approximate surface area is 150 Å². The highest BCUT2D eigenvalue weighted by Crippen LogP contribution is 2.28. The molecule has 0 aliphatic heterocycles. The Morgan fingerprint density at radius 2 is 1.96 bits per heavy atom. The average Bonchev–Trinajstić information content (AvgIpc) is 2.61. The van der Waals surface area contributed by atoms with Gasteiger partial charge in [-0.3, -0.25) is 4.79 Å². The van der Waals surface area contributed by atoms with Gasteiger partial charge in [-0.1, -0.05) is 6.92 Å². The van der Waals surface area contributed by atoms with Gasteiger partial charge < -0.3 is 19.3 Å². The number of nitrogens with zero attached hydrogens (tertiary/aromatic N) is 3. The third kappa shape index (κ3) is 7.02. The van der Waals surface area contributed by atoms with E-state index >= 15 is 0 Å². The third-order valence-electron chi connectivity index (χ3n) is 3.69. The van der Waals surface area contributed by atoms with Gasteiger partial charge in [0.1, 0.15) is 0 Å². The van der Waals surface area contributed by atoms with Crippen LogP contribution in [0.3, 0.4) is 0 Å². The molecule has 1 aromatic rings. The summed E-state index contributed by atoms with van der Waals surface area (Å²) >= 11 is 0. The largest absolute Gasteiger partial charge is 0.493 e. The zero-order valence-corrected chi connectivity index (χ0v) is 15.7. The molecule has 138 valence electrons. The lowest BCUT2D eigenvalue weighted by Crippen LogP contribution is -2.34. The smallest absolute Gasteiger partial charge is 0.254 e. The number of hydrogen-bond donors (Lipinski definition) is 0. The minimum absolute atomic E-state index is 0.0886. The Kier molecular flexibility index (Phi) is 9.41. The minimum atomic E-state index is -0.0886. The normalized spacial score (nSPS) is 10.4. The number of methoxy groups -OCH3 is 1. The van der Waals surface area contributed by atoms with Gasteiger partial charge in [-0.05, 0) is 51.7 Å². The predicted molar refractivity (Wildman–Crippen MR) is 98.1 cm³/mol. The summed E-state index contributed by atoms with van der Waals surface area (Å²) in [5.74, 6) is 1.10. The molecule has 0 unspecified atom stereocenters. The van der Waals surface area contributed by atoms with Crippen molar-refractivity contribution < 1.29 is 14.3 Å². The first-order valence-corrected chi connectivity index (χ1v) is 8.65. The lowest BCUT2D eigenvalue weighted by atomic mass is 10.1. The summed E-state index contributed by atoms with van der Waals surface area (Å²) in [4.78, 5) is 16.6. The summed E-state index contributed by atoms with van der Waals surface area (Å²) in [6, 6.07) is 7.34. The lowest BCUT2D eigenvalue weighted by molar-refractivity contribution is 0.0753. The number of ether oxygens (including phenoxy) is 2. The monoisotopic (exact) mass is 347 g/mol. The molecular formula is C19H29N3O3. The van der Waals surface area contributed by atoms with Crippen molar-refractivity contribution in [1.82, 2.24) is 9.80 Å². The van der Waals surface area contributed by atoms with Crippen LogP contribution in [0, 0.1) is 11.3 Å². The van der Waals surface area contributed by atoms with Crippen molar-refractivity contribution in [2.24, 2.45) is 0 Å². The van der Waals surface area contributed by atoms with E-state index in [0.29, 0.717) is 43.2 Å². The first-order chi connectivity index (χ1) is 12.0. The van der Waals surface area contributed by atoms with E-state index in [1.807, 2.05) is 21.0 Å². The second kappa shape index (κ2) is 11.3. The maximum Gasteiger partial charge on any atom is 0.254 e. The van der Waals surface area contributed by atoms with Gasteiger partial charge in [0.05, 0.1) is 26.2 Å². The van der Waals surface area contributed by atoms with Gasteiger partial charge in [0.15, 0.2) is 11.5 Å². The van der Waals surface area contributed by atoms with Crippen molar-refractivity contribution in [2.45, 2.75) is 26.2 Å². The van der Waals surface area contributed by atoms with E-state index in [2.05, 4.69) is 11.0 Å². The second-order valence-electron chi connectivity index (χ2n) is 6.07. The third-order valence-corrected chi connectivity index (χ3v) is 3.69. The molecule has 0 radical (unpaired) electrons. The van der Waals surface area contributed by atoms with Gasteiger partial charge in [0.25, 0.3) is 5.91 Å². The fraction of sp³-hybridized carbons (Fsp3) is 0.579. The van der Waals surface area contributed by atoms with E-state index in [1.54, 1.807) is 30.2 Å². The molecule has 0 aliphatic rings. The topological polar surface area (TPSA) is 65.8 Å². The van der Waals surface area contributed by atoms with Crippen LogP contribution in [-0.2, 0) is 0 Å². The highest BCUT2D eigenvalue weighted by atomic mass is 16.5. The lowest BCUT2D eigenvalue weighted by Gasteiger charge is -2.23. The molecule has 1 rings (SSSR count). The molecule has 0 saturated heterocycles. The van der Waals surface area contributed by atoms with E-state index in [-0.39, 0.29) is 5.91 Å². The molecule has 0 N–H and O–H groups in total. The van der Waals surface area contributed by atoms with Crippen LogP contribution < -0.4 is 9.47 Å². The van der Waals surface area contributed by atoms with Gasteiger partial charge in [-0.25, -0.2) is 0 Å². The molecule has 0 atom stereocenters. The standard InChI is InChI=1S/C19H29N3O3/c1-5-14-25-17-9-8-16(15-18(17)24-4)19(23)22(12-6-10-20)13-7-11-21(2)3/h8-9,15H,5-7,11-14H2,1-4H3. The highest BCUT2D eigenvalue weighted by molar-refractivity contribution is 5.95. The first-order valence-electron chi connectivity index (χ1n) is 8.65.